The molecule has 0 aliphatic heterocycles. The molecular formula is C28H42N2O3. The Hall–Kier alpha value is -2.56. The van der Waals surface area contributed by atoms with Crippen molar-refractivity contribution in [3.05, 3.63) is 48.2 Å². The van der Waals surface area contributed by atoms with Crippen LogP contribution >= 0.6 is 0 Å². The number of benzene rings is 1. The smallest absolute Gasteiger partial charge is 0.326 e. The summed E-state index contributed by atoms with van der Waals surface area (Å²) in [6.45, 7) is 2.25. The number of carboxylic acids is 1. The first kappa shape index (κ1) is 26.7. The molecule has 33 heavy (non-hydrogen) atoms. The van der Waals surface area contributed by atoms with Crippen molar-refractivity contribution in [2.45, 2.75) is 103 Å². The number of aliphatic carboxylic acids is 1. The van der Waals surface area contributed by atoms with Crippen molar-refractivity contribution in [2.24, 2.45) is 0 Å². The van der Waals surface area contributed by atoms with Crippen molar-refractivity contribution in [1.29, 1.82) is 0 Å². The summed E-state index contributed by atoms with van der Waals surface area (Å²) in [7, 11) is 0. The number of rotatable bonds is 18. The average Bonchev–Trinajstić information content (AvgIpc) is 3.21. The first-order valence-electron chi connectivity index (χ1n) is 12.8. The van der Waals surface area contributed by atoms with Gasteiger partial charge in [-0.1, -0.05) is 82.2 Å². The van der Waals surface area contributed by atoms with Gasteiger partial charge >= 0.3 is 5.97 Å². The Labute approximate surface area is 199 Å². The zero-order valence-electron chi connectivity index (χ0n) is 20.3. The summed E-state index contributed by atoms with van der Waals surface area (Å²) < 4.78 is 0. The van der Waals surface area contributed by atoms with Gasteiger partial charge in [-0.3, -0.25) is 4.79 Å². The van der Waals surface area contributed by atoms with Crippen LogP contribution in [-0.2, 0) is 16.0 Å². The highest BCUT2D eigenvalue weighted by Crippen LogP contribution is 2.19. The molecule has 0 fully saturated rings. The van der Waals surface area contributed by atoms with Gasteiger partial charge in [0, 0.05) is 29.9 Å². The van der Waals surface area contributed by atoms with E-state index in [1.807, 2.05) is 30.5 Å². The summed E-state index contributed by atoms with van der Waals surface area (Å²) in [5, 5.41) is 13.3. The van der Waals surface area contributed by atoms with Crippen LogP contribution in [0.4, 0.5) is 0 Å². The highest BCUT2D eigenvalue weighted by molar-refractivity contribution is 5.86. The predicted octanol–water partition coefficient (Wildman–Crippen LogP) is 6.93. The van der Waals surface area contributed by atoms with Gasteiger partial charge in [0.2, 0.25) is 5.91 Å². The minimum atomic E-state index is -0.998. The third-order valence-electron chi connectivity index (χ3n) is 6.15. The van der Waals surface area contributed by atoms with Crippen LogP contribution < -0.4 is 5.32 Å². The molecule has 0 aliphatic carbocycles. The number of hydrogen-bond acceptors (Lipinski definition) is 2. The molecule has 0 saturated heterocycles. The Morgan fingerprint density at radius 2 is 1.58 bits per heavy atom. The summed E-state index contributed by atoms with van der Waals surface area (Å²) in [6.07, 6.45) is 21.5. The first-order chi connectivity index (χ1) is 16.1. The molecule has 0 unspecified atom stereocenters. The summed E-state index contributed by atoms with van der Waals surface area (Å²) in [5.74, 6) is -1.17. The van der Waals surface area contributed by atoms with E-state index in [-0.39, 0.29) is 12.3 Å². The molecule has 0 radical (unpaired) electrons. The Bertz CT molecular complexity index is 856. The van der Waals surface area contributed by atoms with Gasteiger partial charge in [0.05, 0.1) is 0 Å². The van der Waals surface area contributed by atoms with Crippen LogP contribution in [0.25, 0.3) is 10.9 Å². The van der Waals surface area contributed by atoms with E-state index in [4.69, 9.17) is 0 Å². The molecule has 1 amide bonds. The zero-order chi connectivity index (χ0) is 23.7. The van der Waals surface area contributed by atoms with E-state index in [9.17, 15) is 14.7 Å². The lowest BCUT2D eigenvalue weighted by Crippen LogP contribution is -2.42. The van der Waals surface area contributed by atoms with Gasteiger partial charge in [0.1, 0.15) is 6.04 Å². The monoisotopic (exact) mass is 454 g/mol. The number of H-pyrrole nitrogens is 1. The number of carbonyl (C=O) groups is 2. The fraction of sp³-hybridized carbons (Fsp3) is 0.571. The van der Waals surface area contributed by atoms with E-state index in [0.717, 1.165) is 42.1 Å². The number of aromatic nitrogens is 1. The molecule has 1 aromatic carbocycles. The van der Waals surface area contributed by atoms with Gasteiger partial charge < -0.3 is 15.4 Å². The van der Waals surface area contributed by atoms with Gasteiger partial charge in [0.25, 0.3) is 0 Å². The predicted molar refractivity (Wildman–Crippen MR) is 136 cm³/mol. The average molecular weight is 455 g/mol. The molecule has 2 aromatic rings. The molecule has 0 saturated carbocycles. The fourth-order valence-electron chi connectivity index (χ4n) is 4.17. The number of nitrogens with one attached hydrogen (secondary N) is 2. The summed E-state index contributed by atoms with van der Waals surface area (Å²) in [6, 6.07) is 6.88. The van der Waals surface area contributed by atoms with E-state index in [1.54, 1.807) is 0 Å². The van der Waals surface area contributed by atoms with E-state index < -0.39 is 12.0 Å². The molecular weight excluding hydrogens is 412 g/mol. The maximum atomic E-state index is 12.3. The fourth-order valence-corrected chi connectivity index (χ4v) is 4.17. The lowest BCUT2D eigenvalue weighted by Gasteiger charge is -2.14. The second kappa shape index (κ2) is 16.1. The number of para-hydroxylation sites is 1. The van der Waals surface area contributed by atoms with Crippen molar-refractivity contribution < 1.29 is 14.7 Å². The summed E-state index contributed by atoms with van der Waals surface area (Å²) >= 11 is 0. The molecule has 2 rings (SSSR count). The van der Waals surface area contributed by atoms with E-state index in [0.29, 0.717) is 6.42 Å². The number of allylic oxidation sites excluding steroid dienone is 2. The topological polar surface area (TPSA) is 82.2 Å². The number of carboxylic acid groups (broad SMARTS) is 1. The van der Waals surface area contributed by atoms with Crippen LogP contribution in [0.3, 0.4) is 0 Å². The lowest BCUT2D eigenvalue weighted by atomic mass is 10.0. The number of amides is 1. The Kier molecular flexibility index (Phi) is 13.0. The van der Waals surface area contributed by atoms with Gasteiger partial charge in [-0.25, -0.2) is 4.79 Å². The maximum absolute atomic E-state index is 12.3. The van der Waals surface area contributed by atoms with Crippen LogP contribution in [-0.4, -0.2) is 28.0 Å². The van der Waals surface area contributed by atoms with Crippen molar-refractivity contribution in [1.82, 2.24) is 10.3 Å². The van der Waals surface area contributed by atoms with Crippen LogP contribution in [0.2, 0.25) is 0 Å². The molecule has 5 heteroatoms. The van der Waals surface area contributed by atoms with Gasteiger partial charge in [0.15, 0.2) is 0 Å². The minimum Gasteiger partial charge on any atom is -0.480 e. The number of aromatic amines is 1. The van der Waals surface area contributed by atoms with Gasteiger partial charge in [-0.2, -0.15) is 0 Å². The first-order valence-corrected chi connectivity index (χ1v) is 12.8. The van der Waals surface area contributed by atoms with Crippen molar-refractivity contribution in [2.75, 3.05) is 0 Å². The second-order valence-electron chi connectivity index (χ2n) is 9.00. The Morgan fingerprint density at radius 3 is 2.27 bits per heavy atom. The van der Waals surface area contributed by atoms with E-state index in [1.165, 1.54) is 51.4 Å². The SMILES string of the molecule is CCCCCCC/C=C\CCCCCCCC(=O)N[C@@H](Cc1c[nH]c2ccccc12)C(=O)O. The molecule has 0 bridgehead atoms. The third kappa shape index (κ3) is 10.7. The van der Waals surface area contributed by atoms with Crippen LogP contribution in [0.15, 0.2) is 42.6 Å². The number of unbranched alkanes of at least 4 members (excludes halogenated alkanes) is 10. The summed E-state index contributed by atoms with van der Waals surface area (Å²) in [4.78, 5) is 27.1. The molecule has 0 spiro atoms. The van der Waals surface area contributed by atoms with E-state index in [2.05, 4.69) is 29.4 Å². The number of carbonyl (C=O) groups excluding carboxylic acids is 1. The normalized spacial score (nSPS) is 12.4. The highest BCUT2D eigenvalue weighted by atomic mass is 16.4. The van der Waals surface area contributed by atoms with Gasteiger partial charge in [-0.05, 0) is 43.7 Å². The van der Waals surface area contributed by atoms with Crippen molar-refractivity contribution in [3.63, 3.8) is 0 Å². The van der Waals surface area contributed by atoms with Crippen molar-refractivity contribution >= 4 is 22.8 Å². The number of fused-ring (bicyclic) bond motifs is 1. The second-order valence-corrected chi connectivity index (χ2v) is 9.00. The largest absolute Gasteiger partial charge is 0.480 e. The number of hydrogen-bond donors (Lipinski definition) is 3. The molecule has 5 nitrogen and oxygen atoms in total. The highest BCUT2D eigenvalue weighted by Gasteiger charge is 2.21. The van der Waals surface area contributed by atoms with Crippen LogP contribution in [0.1, 0.15) is 96.0 Å². The quantitative estimate of drug-likeness (QED) is 0.169. The van der Waals surface area contributed by atoms with Crippen molar-refractivity contribution in [3.8, 4) is 0 Å². The minimum absolute atomic E-state index is 0.177. The molecule has 1 aromatic heterocycles. The molecule has 3 N–H and O–H groups in total. The standard InChI is InChI=1S/C28H42N2O3/c1-2-3-4-5-6-7-8-9-10-11-12-13-14-15-20-27(31)30-26(28(32)33)21-23-22-29-25-19-17-16-18-24(23)25/h8-9,16-19,22,26,29H,2-7,10-15,20-21H2,1H3,(H,30,31)(H,32,33)/b9-8-/t26-/m0/s1. The Morgan fingerprint density at radius 1 is 0.939 bits per heavy atom. The lowest BCUT2D eigenvalue weighted by molar-refractivity contribution is -0.141. The third-order valence-corrected chi connectivity index (χ3v) is 6.15. The molecule has 1 atom stereocenters. The van der Waals surface area contributed by atoms with Crippen LogP contribution in [0.5, 0.6) is 0 Å². The van der Waals surface area contributed by atoms with Crippen LogP contribution in [0, 0.1) is 0 Å². The molecule has 1 heterocycles. The zero-order valence-corrected chi connectivity index (χ0v) is 20.3. The molecule has 0 aliphatic rings. The molecule has 182 valence electrons. The van der Waals surface area contributed by atoms with E-state index >= 15 is 0 Å². The Balaban J connectivity index is 1.54. The summed E-state index contributed by atoms with van der Waals surface area (Å²) in [5.41, 5.74) is 1.88. The van der Waals surface area contributed by atoms with Gasteiger partial charge in [-0.15, -0.1) is 0 Å². The maximum Gasteiger partial charge on any atom is 0.326 e.